The Hall–Kier alpha value is -3.78. The number of rotatable bonds is 4. The van der Waals surface area contributed by atoms with Crippen molar-refractivity contribution >= 4 is 35.3 Å². The van der Waals surface area contributed by atoms with Crippen LogP contribution in [0, 0.1) is 0 Å². The molecule has 2 aromatic rings. The van der Waals surface area contributed by atoms with E-state index in [1.165, 1.54) is 26.2 Å². The first-order valence-electron chi connectivity index (χ1n) is 6.43. The summed E-state index contributed by atoms with van der Waals surface area (Å²) in [6.45, 7) is 2.65. The molecule has 2 heterocycles. The first-order valence-corrected chi connectivity index (χ1v) is 6.43. The zero-order chi connectivity index (χ0) is 18.3. The number of aromatic nitrogens is 4. The Morgan fingerprint density at radius 3 is 1.35 bits per heavy atom. The molecular weight excluding hydrogens is 352 g/mol. The van der Waals surface area contributed by atoms with E-state index in [1.807, 2.05) is 0 Å². The molecule has 0 spiro atoms. The molecule has 0 saturated heterocycles. The van der Waals surface area contributed by atoms with Gasteiger partial charge in [-0.15, -0.1) is 0 Å². The van der Waals surface area contributed by atoms with Crippen LogP contribution in [0.1, 0.15) is 34.6 Å². The number of carbonyl (C=O) groups is 4. The van der Waals surface area contributed by atoms with Crippen molar-refractivity contribution in [2.24, 2.45) is 11.5 Å². The van der Waals surface area contributed by atoms with Crippen LogP contribution >= 0.6 is 0 Å². The standard InChI is InChI=1S/2C6H8N4O2.2H2O/c2*1-3(11)9-6-4(5(7)12)2-8-10-6;;/h2*2H,1H3,(H2,7,12)(H2,8,9,10,11);2*1H2. The van der Waals surface area contributed by atoms with E-state index >= 15 is 0 Å². The molecule has 0 aliphatic carbocycles. The summed E-state index contributed by atoms with van der Waals surface area (Å²) in [5, 5.41) is 16.7. The fourth-order valence-corrected chi connectivity index (χ4v) is 1.49. The Bertz CT molecular complexity index is 703. The number of nitrogens with one attached hydrogen (secondary N) is 4. The van der Waals surface area contributed by atoms with Gasteiger partial charge in [-0.3, -0.25) is 29.4 Å². The van der Waals surface area contributed by atoms with Gasteiger partial charge in [-0.1, -0.05) is 0 Å². The van der Waals surface area contributed by atoms with Gasteiger partial charge in [-0.05, 0) is 0 Å². The predicted octanol–water partition coefficient (Wildman–Crippen LogP) is -2.72. The molecule has 14 nitrogen and oxygen atoms in total. The number of aromatic amines is 2. The van der Waals surface area contributed by atoms with E-state index in [0.29, 0.717) is 0 Å². The molecule has 0 aromatic carbocycles. The molecule has 14 heteroatoms. The third-order valence-corrected chi connectivity index (χ3v) is 2.41. The molecule has 0 unspecified atom stereocenters. The van der Waals surface area contributed by atoms with Gasteiger partial charge in [0.1, 0.15) is 22.8 Å². The molecule has 0 saturated carbocycles. The van der Waals surface area contributed by atoms with Gasteiger partial charge in [-0.25, -0.2) is 0 Å². The van der Waals surface area contributed by atoms with Crippen LogP contribution in [-0.4, -0.2) is 55.0 Å². The molecule has 2 aromatic heterocycles. The van der Waals surface area contributed by atoms with E-state index in [1.54, 1.807) is 0 Å². The minimum Gasteiger partial charge on any atom is -0.412 e. The zero-order valence-electron chi connectivity index (χ0n) is 13.8. The largest absolute Gasteiger partial charge is 0.412 e. The second kappa shape index (κ2) is 10.9. The second-order valence-electron chi connectivity index (χ2n) is 4.41. The number of nitrogens with zero attached hydrogens (tertiary/aromatic N) is 2. The molecule has 26 heavy (non-hydrogen) atoms. The van der Waals surface area contributed by atoms with Crippen LogP contribution in [0.5, 0.6) is 0 Å². The van der Waals surface area contributed by atoms with E-state index in [9.17, 15) is 19.2 Å². The first-order chi connectivity index (χ1) is 11.2. The van der Waals surface area contributed by atoms with Crippen LogP contribution in [0.15, 0.2) is 12.4 Å². The molecule has 12 N–H and O–H groups in total. The van der Waals surface area contributed by atoms with Gasteiger partial charge in [0.25, 0.3) is 11.8 Å². The topological polar surface area (TPSA) is 265 Å². The smallest absolute Gasteiger partial charge is 0.254 e. The average molecular weight is 372 g/mol. The van der Waals surface area contributed by atoms with Crippen molar-refractivity contribution in [2.45, 2.75) is 13.8 Å². The number of nitrogens with two attached hydrogens (primary N) is 2. The molecule has 2 rings (SSSR count). The van der Waals surface area contributed by atoms with Crippen molar-refractivity contribution in [3.63, 3.8) is 0 Å². The third kappa shape index (κ3) is 7.20. The lowest BCUT2D eigenvalue weighted by molar-refractivity contribution is -0.115. The summed E-state index contributed by atoms with van der Waals surface area (Å²) in [5.41, 5.74) is 10.3. The Morgan fingerprint density at radius 1 is 0.808 bits per heavy atom. The van der Waals surface area contributed by atoms with Crippen LogP contribution < -0.4 is 22.1 Å². The Morgan fingerprint density at radius 2 is 1.12 bits per heavy atom. The highest BCUT2D eigenvalue weighted by atomic mass is 16.2. The number of primary amides is 2. The molecular formula is C12H20N8O6. The van der Waals surface area contributed by atoms with E-state index in [2.05, 4.69) is 31.0 Å². The van der Waals surface area contributed by atoms with Gasteiger partial charge >= 0.3 is 0 Å². The minimum absolute atomic E-state index is 0. The minimum atomic E-state index is -0.632. The summed E-state index contributed by atoms with van der Waals surface area (Å²) >= 11 is 0. The zero-order valence-corrected chi connectivity index (χ0v) is 13.8. The second-order valence-corrected chi connectivity index (χ2v) is 4.41. The molecule has 0 atom stereocenters. The molecule has 0 fully saturated rings. The van der Waals surface area contributed by atoms with Gasteiger partial charge < -0.3 is 33.1 Å². The van der Waals surface area contributed by atoms with Crippen LogP contribution in [0.2, 0.25) is 0 Å². The Balaban J connectivity index is 0. The van der Waals surface area contributed by atoms with Gasteiger partial charge in [-0.2, -0.15) is 10.2 Å². The van der Waals surface area contributed by atoms with E-state index in [-0.39, 0.29) is 45.5 Å². The van der Waals surface area contributed by atoms with Crippen molar-refractivity contribution in [1.29, 1.82) is 0 Å². The summed E-state index contributed by atoms with van der Waals surface area (Å²) in [5.74, 6) is -1.38. The fourth-order valence-electron chi connectivity index (χ4n) is 1.49. The number of hydrogen-bond donors (Lipinski definition) is 6. The maximum atomic E-state index is 10.7. The first kappa shape index (κ1) is 24.5. The highest BCUT2D eigenvalue weighted by Crippen LogP contribution is 2.09. The van der Waals surface area contributed by atoms with E-state index in [4.69, 9.17) is 11.5 Å². The van der Waals surface area contributed by atoms with E-state index in [0.717, 1.165) is 0 Å². The lowest BCUT2D eigenvalue weighted by Crippen LogP contribution is -2.15. The molecule has 0 bridgehead atoms. The fraction of sp³-hybridized carbons (Fsp3) is 0.167. The van der Waals surface area contributed by atoms with Gasteiger partial charge in [0.2, 0.25) is 11.8 Å². The molecule has 144 valence electrons. The summed E-state index contributed by atoms with van der Waals surface area (Å²) in [4.78, 5) is 42.5. The summed E-state index contributed by atoms with van der Waals surface area (Å²) < 4.78 is 0. The van der Waals surface area contributed by atoms with Crippen LogP contribution in [0.3, 0.4) is 0 Å². The average Bonchev–Trinajstić information content (AvgIpc) is 3.07. The quantitative estimate of drug-likeness (QED) is 0.331. The normalized spacial score (nSPS) is 8.69. The summed E-state index contributed by atoms with van der Waals surface area (Å²) in [7, 11) is 0. The number of carbonyl (C=O) groups excluding carboxylic acids is 4. The van der Waals surface area contributed by atoms with Gasteiger partial charge in [0.15, 0.2) is 0 Å². The number of hydrogen-bond acceptors (Lipinski definition) is 6. The lowest BCUT2D eigenvalue weighted by atomic mass is 10.3. The highest BCUT2D eigenvalue weighted by Gasteiger charge is 2.11. The molecule has 0 radical (unpaired) electrons. The Kier molecular flexibility index (Phi) is 10.3. The molecule has 0 aliphatic heterocycles. The summed E-state index contributed by atoms with van der Waals surface area (Å²) in [6.07, 6.45) is 2.52. The lowest BCUT2D eigenvalue weighted by Gasteiger charge is -1.98. The van der Waals surface area contributed by atoms with Crippen molar-refractivity contribution in [3.8, 4) is 0 Å². The molecule has 4 amide bonds. The third-order valence-electron chi connectivity index (χ3n) is 2.41. The number of H-pyrrole nitrogens is 2. The maximum absolute atomic E-state index is 10.7. The molecule has 0 aliphatic rings. The van der Waals surface area contributed by atoms with Crippen LogP contribution in [0.25, 0.3) is 0 Å². The van der Waals surface area contributed by atoms with Crippen molar-refractivity contribution < 1.29 is 30.1 Å². The predicted molar refractivity (Wildman–Crippen MR) is 90.0 cm³/mol. The SMILES string of the molecule is CC(=O)Nc1[nH]ncc1C(N)=O.CC(=O)Nc1[nH]ncc1C(N)=O.O.O. The number of anilines is 2. The van der Waals surface area contributed by atoms with E-state index < -0.39 is 11.8 Å². The van der Waals surface area contributed by atoms with Gasteiger partial charge in [0, 0.05) is 13.8 Å². The highest BCUT2D eigenvalue weighted by molar-refractivity contribution is 6.01. The van der Waals surface area contributed by atoms with Crippen molar-refractivity contribution in [1.82, 2.24) is 20.4 Å². The summed E-state index contributed by atoms with van der Waals surface area (Å²) in [6, 6.07) is 0. The van der Waals surface area contributed by atoms with Crippen molar-refractivity contribution in [2.75, 3.05) is 10.6 Å². The van der Waals surface area contributed by atoms with Crippen LogP contribution in [0.4, 0.5) is 11.6 Å². The number of amides is 4. The van der Waals surface area contributed by atoms with Crippen LogP contribution in [-0.2, 0) is 9.59 Å². The van der Waals surface area contributed by atoms with Gasteiger partial charge in [0.05, 0.1) is 12.4 Å². The Labute approximate surface area is 146 Å². The maximum Gasteiger partial charge on any atom is 0.254 e. The van der Waals surface area contributed by atoms with Crippen molar-refractivity contribution in [3.05, 3.63) is 23.5 Å². The monoisotopic (exact) mass is 372 g/mol.